The van der Waals surface area contributed by atoms with Crippen molar-refractivity contribution in [1.29, 1.82) is 0 Å². The molecule has 1 saturated heterocycles. The Bertz CT molecular complexity index is 1200. The first kappa shape index (κ1) is 27.5. The van der Waals surface area contributed by atoms with Gasteiger partial charge in [0.25, 0.3) is 5.91 Å². The first-order chi connectivity index (χ1) is 18.4. The van der Waals surface area contributed by atoms with E-state index in [0.717, 1.165) is 6.42 Å². The van der Waals surface area contributed by atoms with Gasteiger partial charge in [0.05, 0.1) is 29.7 Å². The number of anilines is 1. The number of carbonyl (C=O) groups is 3. The summed E-state index contributed by atoms with van der Waals surface area (Å²) in [5.74, 6) is 0.526. The van der Waals surface area contributed by atoms with Crippen LogP contribution in [-0.4, -0.2) is 69.1 Å². The molecule has 2 aliphatic rings. The zero-order valence-corrected chi connectivity index (χ0v) is 22.2. The number of amides is 3. The van der Waals surface area contributed by atoms with Crippen LogP contribution >= 0.6 is 11.6 Å². The lowest BCUT2D eigenvalue weighted by Gasteiger charge is -2.41. The van der Waals surface area contributed by atoms with Gasteiger partial charge in [-0.3, -0.25) is 19.3 Å². The van der Waals surface area contributed by atoms with Gasteiger partial charge in [0.15, 0.2) is 0 Å². The molecule has 2 aromatic carbocycles. The number of rotatable bonds is 4. The number of ether oxygens (including phenoxy) is 2. The van der Waals surface area contributed by atoms with Gasteiger partial charge in [0, 0.05) is 25.3 Å². The number of likely N-dealkylation sites (tertiary alicyclic amines) is 1. The molecule has 10 heteroatoms. The van der Waals surface area contributed by atoms with E-state index in [4.69, 9.17) is 21.1 Å². The van der Waals surface area contributed by atoms with Crippen molar-refractivity contribution < 1.29 is 23.9 Å². The van der Waals surface area contributed by atoms with Gasteiger partial charge >= 0.3 is 0 Å². The molecule has 2 heterocycles. The highest BCUT2D eigenvalue weighted by molar-refractivity contribution is 6.32. The highest BCUT2D eigenvalue weighted by Gasteiger charge is 2.41. The Kier molecular flexibility index (Phi) is 9.25. The van der Waals surface area contributed by atoms with Crippen molar-refractivity contribution in [2.24, 2.45) is 5.41 Å². The summed E-state index contributed by atoms with van der Waals surface area (Å²) in [6.07, 6.45) is 5.82. The molecule has 0 aromatic heterocycles. The van der Waals surface area contributed by atoms with Gasteiger partial charge in [0.1, 0.15) is 18.1 Å². The van der Waals surface area contributed by atoms with Crippen LogP contribution in [-0.2, 0) is 9.59 Å². The molecule has 3 amide bonds. The third-order valence-electron chi connectivity index (χ3n) is 6.78. The Morgan fingerprint density at radius 2 is 1.97 bits per heavy atom. The largest absolute Gasteiger partial charge is 0.495 e. The van der Waals surface area contributed by atoms with Crippen LogP contribution in [0.2, 0.25) is 5.02 Å². The van der Waals surface area contributed by atoms with Crippen LogP contribution in [0, 0.1) is 5.41 Å². The Balaban J connectivity index is 1.42. The first-order valence-electron chi connectivity index (χ1n) is 12.7. The third kappa shape index (κ3) is 6.85. The van der Waals surface area contributed by atoms with Crippen molar-refractivity contribution in [3.8, 4) is 11.5 Å². The van der Waals surface area contributed by atoms with Crippen molar-refractivity contribution in [3.63, 3.8) is 0 Å². The molecule has 38 heavy (non-hydrogen) atoms. The molecule has 1 fully saturated rings. The smallest absolute Gasteiger partial charge is 0.255 e. The Morgan fingerprint density at radius 1 is 1.16 bits per heavy atom. The number of allylic oxidation sites excluding steroid dienone is 1. The fraction of sp³-hybridized carbons (Fsp3) is 0.393. The number of nitrogens with one attached hydrogen (secondary N) is 3. The molecule has 2 aromatic rings. The Morgan fingerprint density at radius 3 is 2.79 bits per heavy atom. The quantitative estimate of drug-likeness (QED) is 0.514. The molecule has 2 aliphatic heterocycles. The topological polar surface area (TPSA) is 109 Å². The fourth-order valence-electron chi connectivity index (χ4n) is 4.88. The van der Waals surface area contributed by atoms with E-state index in [1.165, 1.54) is 7.11 Å². The standard InChI is InChI=1S/C28H33ClN4O5/c1-37-24-10-9-20(17-22(24)29)32-25(34)18-33-15-6-12-28(19-33)11-4-5-16-38-23-8-3-2-7-21(23)26(35)30-13-14-31-27(28)36/h2-5,7-10,17H,6,11-16,18-19H2,1H3,(H,30,35)(H,31,36)(H,32,34)/b5-4-. The van der Waals surface area contributed by atoms with E-state index in [2.05, 4.69) is 16.0 Å². The predicted octanol–water partition coefficient (Wildman–Crippen LogP) is 3.25. The number of carbonyl (C=O) groups excluding carboxylic acids is 3. The molecule has 0 aliphatic carbocycles. The minimum absolute atomic E-state index is 0.0816. The molecule has 4 rings (SSSR count). The van der Waals surface area contributed by atoms with Crippen molar-refractivity contribution in [3.05, 3.63) is 65.2 Å². The maximum absolute atomic E-state index is 13.4. The molecule has 1 unspecified atom stereocenters. The molecule has 1 atom stereocenters. The second kappa shape index (κ2) is 12.8. The number of fused-ring (bicyclic) bond motifs is 1. The summed E-state index contributed by atoms with van der Waals surface area (Å²) in [5, 5.41) is 9.13. The number of piperidine rings is 1. The van der Waals surface area contributed by atoms with Gasteiger partial charge in [-0.05, 0) is 56.1 Å². The third-order valence-corrected chi connectivity index (χ3v) is 7.07. The number of halogens is 1. The van der Waals surface area contributed by atoms with Crippen molar-refractivity contribution >= 4 is 35.0 Å². The number of para-hydroxylation sites is 1. The van der Waals surface area contributed by atoms with Gasteiger partial charge in [-0.1, -0.05) is 35.9 Å². The molecular weight excluding hydrogens is 508 g/mol. The van der Waals surface area contributed by atoms with Gasteiger partial charge < -0.3 is 25.4 Å². The summed E-state index contributed by atoms with van der Waals surface area (Å²) in [7, 11) is 1.53. The van der Waals surface area contributed by atoms with E-state index in [1.54, 1.807) is 36.4 Å². The highest BCUT2D eigenvalue weighted by Crippen LogP contribution is 2.35. The number of hydrogen-bond donors (Lipinski definition) is 3. The predicted molar refractivity (Wildman–Crippen MR) is 146 cm³/mol. The first-order valence-corrected chi connectivity index (χ1v) is 13.1. The van der Waals surface area contributed by atoms with Crippen molar-refractivity contribution in [2.75, 3.05) is 51.8 Å². The molecule has 0 bridgehead atoms. The van der Waals surface area contributed by atoms with E-state index >= 15 is 0 Å². The second-order valence-electron chi connectivity index (χ2n) is 9.49. The van der Waals surface area contributed by atoms with E-state index in [1.807, 2.05) is 23.1 Å². The number of benzene rings is 2. The van der Waals surface area contributed by atoms with Crippen LogP contribution in [0.25, 0.3) is 0 Å². The minimum Gasteiger partial charge on any atom is -0.495 e. The number of methoxy groups -OCH3 is 1. The molecule has 3 N–H and O–H groups in total. The molecule has 0 radical (unpaired) electrons. The average Bonchev–Trinajstić information content (AvgIpc) is 2.90. The van der Waals surface area contributed by atoms with Crippen LogP contribution in [0.15, 0.2) is 54.6 Å². The highest BCUT2D eigenvalue weighted by atomic mass is 35.5. The molecule has 202 valence electrons. The van der Waals surface area contributed by atoms with E-state index in [0.29, 0.717) is 66.8 Å². The number of hydrogen-bond acceptors (Lipinski definition) is 6. The van der Waals surface area contributed by atoms with Gasteiger partial charge in [-0.25, -0.2) is 0 Å². The second-order valence-corrected chi connectivity index (χ2v) is 9.89. The monoisotopic (exact) mass is 540 g/mol. The lowest BCUT2D eigenvalue weighted by molar-refractivity contribution is -0.135. The zero-order chi connectivity index (χ0) is 27.0. The molecular formula is C28H33ClN4O5. The van der Waals surface area contributed by atoms with Crippen LogP contribution in [0.5, 0.6) is 11.5 Å². The summed E-state index contributed by atoms with van der Waals surface area (Å²) in [6.45, 7) is 2.18. The van der Waals surface area contributed by atoms with E-state index < -0.39 is 5.41 Å². The SMILES string of the molecule is COc1ccc(NC(=O)CN2CCCC3(C/C=C\COc4ccccc4C(=O)NCCNC3=O)C2)cc1Cl. The maximum atomic E-state index is 13.4. The Hall–Kier alpha value is -3.56. The summed E-state index contributed by atoms with van der Waals surface area (Å²) < 4.78 is 11.0. The van der Waals surface area contributed by atoms with Crippen LogP contribution < -0.4 is 25.4 Å². The lowest BCUT2D eigenvalue weighted by atomic mass is 9.76. The summed E-state index contributed by atoms with van der Waals surface area (Å²) in [6, 6.07) is 12.2. The summed E-state index contributed by atoms with van der Waals surface area (Å²) in [4.78, 5) is 40.8. The molecule has 1 spiro atoms. The van der Waals surface area contributed by atoms with Gasteiger partial charge in [-0.15, -0.1) is 0 Å². The van der Waals surface area contributed by atoms with Crippen molar-refractivity contribution in [2.45, 2.75) is 19.3 Å². The van der Waals surface area contributed by atoms with Crippen LogP contribution in [0.1, 0.15) is 29.6 Å². The van der Waals surface area contributed by atoms with Crippen LogP contribution in [0.3, 0.4) is 0 Å². The Labute approximate surface area is 227 Å². The zero-order valence-electron chi connectivity index (χ0n) is 21.4. The lowest BCUT2D eigenvalue weighted by Crippen LogP contribution is -2.53. The normalized spacial score (nSPS) is 21.7. The van der Waals surface area contributed by atoms with Crippen molar-refractivity contribution in [1.82, 2.24) is 15.5 Å². The number of nitrogens with zero attached hydrogens (tertiary/aromatic N) is 1. The van der Waals surface area contributed by atoms with E-state index in [9.17, 15) is 14.4 Å². The minimum atomic E-state index is -0.690. The van der Waals surface area contributed by atoms with Gasteiger partial charge in [0.2, 0.25) is 11.8 Å². The van der Waals surface area contributed by atoms with Gasteiger partial charge in [-0.2, -0.15) is 0 Å². The summed E-state index contributed by atoms with van der Waals surface area (Å²) in [5.41, 5.74) is 0.346. The maximum Gasteiger partial charge on any atom is 0.255 e. The van der Waals surface area contributed by atoms with E-state index in [-0.39, 0.29) is 30.9 Å². The fourth-order valence-corrected chi connectivity index (χ4v) is 5.14. The molecule has 9 nitrogen and oxygen atoms in total. The van der Waals surface area contributed by atoms with Crippen LogP contribution in [0.4, 0.5) is 5.69 Å². The molecule has 0 saturated carbocycles. The summed E-state index contributed by atoms with van der Waals surface area (Å²) >= 11 is 6.18. The average molecular weight is 541 g/mol.